The molecule has 0 aliphatic rings. The minimum atomic E-state index is -0.267. The monoisotopic (exact) mass is 295 g/mol. The lowest BCUT2D eigenvalue weighted by Crippen LogP contribution is -2.24. The van der Waals surface area contributed by atoms with E-state index >= 15 is 0 Å². The molecule has 22 heavy (non-hydrogen) atoms. The molecule has 3 rings (SSSR count). The quantitative estimate of drug-likeness (QED) is 0.775. The first-order valence-corrected chi connectivity index (χ1v) is 6.66. The number of fused-ring (bicyclic) bond motifs is 1. The molecule has 0 radical (unpaired) electrons. The summed E-state index contributed by atoms with van der Waals surface area (Å²) < 4.78 is 1.24. The fraction of sp³-hybridized carbons (Fsp3) is 0.133. The van der Waals surface area contributed by atoms with Crippen LogP contribution in [-0.4, -0.2) is 25.7 Å². The molecule has 0 aliphatic heterocycles. The van der Waals surface area contributed by atoms with Gasteiger partial charge < -0.3 is 5.32 Å². The Morgan fingerprint density at radius 1 is 1.23 bits per heavy atom. The lowest BCUT2D eigenvalue weighted by atomic mass is 10.1. The molecular weight excluding hydrogens is 282 g/mol. The van der Waals surface area contributed by atoms with Gasteiger partial charge in [-0.3, -0.25) is 14.6 Å². The van der Waals surface area contributed by atoms with Gasteiger partial charge in [-0.25, -0.2) is 9.67 Å². The summed E-state index contributed by atoms with van der Waals surface area (Å²) in [6, 6.07) is 7.11. The van der Waals surface area contributed by atoms with E-state index in [9.17, 15) is 9.59 Å². The summed E-state index contributed by atoms with van der Waals surface area (Å²) in [4.78, 5) is 32.0. The fourth-order valence-corrected chi connectivity index (χ4v) is 2.21. The first-order chi connectivity index (χ1) is 10.6. The smallest absolute Gasteiger partial charge is 0.274 e. The summed E-state index contributed by atoms with van der Waals surface area (Å²) in [5.41, 5.74) is 0.354. The molecule has 0 aliphatic carbocycles. The molecule has 3 aromatic rings. The molecule has 110 valence electrons. The van der Waals surface area contributed by atoms with Crippen LogP contribution < -0.4 is 10.9 Å². The normalized spacial score (nSPS) is 10.6. The molecule has 1 aromatic carbocycles. The Hall–Kier alpha value is -3.09. The van der Waals surface area contributed by atoms with Gasteiger partial charge in [0.25, 0.3) is 5.56 Å². The fourth-order valence-electron chi connectivity index (χ4n) is 2.21. The number of aryl methyl sites for hydroxylation is 1. The van der Waals surface area contributed by atoms with Crippen molar-refractivity contribution in [1.29, 1.82) is 0 Å². The van der Waals surface area contributed by atoms with Gasteiger partial charge in [-0.05, 0) is 6.07 Å². The van der Waals surface area contributed by atoms with E-state index < -0.39 is 0 Å². The van der Waals surface area contributed by atoms with E-state index in [4.69, 9.17) is 0 Å². The van der Waals surface area contributed by atoms with Crippen LogP contribution in [0, 0.1) is 0 Å². The number of hydrogen-bond acceptors (Lipinski definition) is 5. The van der Waals surface area contributed by atoms with Gasteiger partial charge in [-0.2, -0.15) is 5.10 Å². The maximum absolute atomic E-state index is 12.1. The Kier molecular flexibility index (Phi) is 3.61. The van der Waals surface area contributed by atoms with E-state index in [-0.39, 0.29) is 17.9 Å². The molecule has 1 amide bonds. The molecule has 0 saturated carbocycles. The van der Waals surface area contributed by atoms with Crippen LogP contribution in [0.15, 0.2) is 47.7 Å². The largest absolute Gasteiger partial charge is 0.309 e. The third-order valence-electron chi connectivity index (χ3n) is 3.19. The van der Waals surface area contributed by atoms with Crippen LogP contribution in [0.25, 0.3) is 10.8 Å². The van der Waals surface area contributed by atoms with Crippen molar-refractivity contribution in [3.05, 3.63) is 58.9 Å². The lowest BCUT2D eigenvalue weighted by Gasteiger charge is -2.08. The molecule has 0 bridgehead atoms. The number of hydrogen-bond donors (Lipinski definition) is 1. The van der Waals surface area contributed by atoms with E-state index in [0.29, 0.717) is 22.3 Å². The van der Waals surface area contributed by atoms with E-state index in [1.165, 1.54) is 23.3 Å². The van der Waals surface area contributed by atoms with Crippen molar-refractivity contribution in [2.75, 3.05) is 5.32 Å². The highest BCUT2D eigenvalue weighted by molar-refractivity contribution is 5.94. The van der Waals surface area contributed by atoms with Crippen molar-refractivity contribution >= 4 is 22.5 Å². The van der Waals surface area contributed by atoms with Gasteiger partial charge in [-0.1, -0.05) is 18.2 Å². The number of nitrogens with one attached hydrogen (secondary N) is 1. The summed E-state index contributed by atoms with van der Waals surface area (Å²) in [6.45, 7) is 0. The Labute approximate surface area is 125 Å². The van der Waals surface area contributed by atoms with Crippen LogP contribution in [-0.2, 0) is 18.3 Å². The van der Waals surface area contributed by atoms with Crippen molar-refractivity contribution in [2.24, 2.45) is 7.05 Å². The predicted octanol–water partition coefficient (Wildman–Crippen LogP) is 0.905. The molecular formula is C15H13N5O2. The van der Waals surface area contributed by atoms with E-state index in [2.05, 4.69) is 20.4 Å². The summed E-state index contributed by atoms with van der Waals surface area (Å²) in [5.74, 6) is 0.110. The highest BCUT2D eigenvalue weighted by Gasteiger charge is 2.12. The second kappa shape index (κ2) is 5.72. The van der Waals surface area contributed by atoms with Gasteiger partial charge in [0.05, 0.1) is 23.7 Å². The van der Waals surface area contributed by atoms with Crippen LogP contribution in [0.3, 0.4) is 0 Å². The number of rotatable bonds is 3. The van der Waals surface area contributed by atoms with Gasteiger partial charge in [0.15, 0.2) is 5.82 Å². The standard InChI is InChI=1S/C15H13N5O2/c1-20-15(22)11-5-3-2-4-10(11)12(19-20)8-14(21)18-13-9-16-6-7-17-13/h2-7,9H,8H2,1H3,(H,17,18,21). The summed E-state index contributed by atoms with van der Waals surface area (Å²) in [6.07, 6.45) is 4.53. The zero-order valence-corrected chi connectivity index (χ0v) is 11.9. The van der Waals surface area contributed by atoms with Crippen molar-refractivity contribution in [3.63, 3.8) is 0 Å². The summed E-state index contributed by atoms with van der Waals surface area (Å²) in [7, 11) is 1.57. The van der Waals surface area contributed by atoms with Crippen LogP contribution in [0.5, 0.6) is 0 Å². The first kappa shape index (κ1) is 13.9. The second-order valence-corrected chi connectivity index (χ2v) is 4.74. The van der Waals surface area contributed by atoms with Gasteiger partial charge in [0.2, 0.25) is 5.91 Å². The van der Waals surface area contributed by atoms with Crippen molar-refractivity contribution < 1.29 is 4.79 Å². The molecule has 1 N–H and O–H groups in total. The maximum atomic E-state index is 12.1. The number of nitrogens with zero attached hydrogens (tertiary/aromatic N) is 4. The van der Waals surface area contributed by atoms with Crippen molar-refractivity contribution in [3.8, 4) is 0 Å². The summed E-state index contributed by atoms with van der Waals surface area (Å²) >= 11 is 0. The van der Waals surface area contributed by atoms with E-state index in [1.807, 2.05) is 6.07 Å². The molecule has 7 heteroatoms. The number of anilines is 1. The summed E-state index contributed by atoms with van der Waals surface area (Å²) in [5, 5.41) is 8.06. The van der Waals surface area contributed by atoms with Gasteiger partial charge in [0, 0.05) is 24.8 Å². The Morgan fingerprint density at radius 3 is 2.73 bits per heavy atom. The molecule has 0 fully saturated rings. The Bertz CT molecular complexity index is 889. The van der Waals surface area contributed by atoms with Gasteiger partial charge in [0.1, 0.15) is 0 Å². The molecule has 0 saturated heterocycles. The minimum absolute atomic E-state index is 0.0468. The van der Waals surface area contributed by atoms with Crippen LogP contribution in [0.1, 0.15) is 5.69 Å². The Morgan fingerprint density at radius 2 is 2.00 bits per heavy atom. The average Bonchev–Trinajstić information content (AvgIpc) is 2.53. The molecule has 0 unspecified atom stereocenters. The SMILES string of the molecule is Cn1nc(CC(=O)Nc2cnccn2)c2ccccc2c1=O. The van der Waals surface area contributed by atoms with Crippen LogP contribution in [0.4, 0.5) is 5.82 Å². The number of carbonyl (C=O) groups excluding carboxylic acids is 1. The third kappa shape index (κ3) is 2.69. The third-order valence-corrected chi connectivity index (χ3v) is 3.19. The molecule has 2 aromatic heterocycles. The highest BCUT2D eigenvalue weighted by atomic mass is 16.1. The molecule has 2 heterocycles. The Balaban J connectivity index is 1.92. The van der Waals surface area contributed by atoms with Gasteiger partial charge in [-0.15, -0.1) is 0 Å². The maximum Gasteiger partial charge on any atom is 0.274 e. The average molecular weight is 295 g/mol. The second-order valence-electron chi connectivity index (χ2n) is 4.74. The zero-order chi connectivity index (χ0) is 15.5. The topological polar surface area (TPSA) is 89.8 Å². The van der Waals surface area contributed by atoms with Crippen LogP contribution >= 0.6 is 0 Å². The minimum Gasteiger partial charge on any atom is -0.309 e. The number of amides is 1. The number of carbonyl (C=O) groups is 1. The predicted molar refractivity (Wildman–Crippen MR) is 81.3 cm³/mol. The zero-order valence-electron chi connectivity index (χ0n) is 11.9. The van der Waals surface area contributed by atoms with Gasteiger partial charge >= 0.3 is 0 Å². The molecule has 0 spiro atoms. The van der Waals surface area contributed by atoms with Crippen molar-refractivity contribution in [1.82, 2.24) is 19.7 Å². The molecule has 0 atom stereocenters. The van der Waals surface area contributed by atoms with Crippen LogP contribution in [0.2, 0.25) is 0 Å². The van der Waals surface area contributed by atoms with Crippen molar-refractivity contribution in [2.45, 2.75) is 6.42 Å². The highest BCUT2D eigenvalue weighted by Crippen LogP contribution is 2.14. The number of benzene rings is 1. The lowest BCUT2D eigenvalue weighted by molar-refractivity contribution is -0.115. The van der Waals surface area contributed by atoms with E-state index in [1.54, 1.807) is 25.2 Å². The number of aromatic nitrogens is 4. The molecule has 7 nitrogen and oxygen atoms in total. The van der Waals surface area contributed by atoms with E-state index in [0.717, 1.165) is 0 Å². The first-order valence-electron chi connectivity index (χ1n) is 6.66.